The van der Waals surface area contributed by atoms with Gasteiger partial charge in [0.2, 0.25) is 5.89 Å². The lowest BCUT2D eigenvalue weighted by molar-refractivity contribution is 0.0518. The molecule has 0 radical (unpaired) electrons. The van der Waals surface area contributed by atoms with E-state index in [1.54, 1.807) is 6.92 Å². The Balaban J connectivity index is 2.42. The van der Waals surface area contributed by atoms with Crippen LogP contribution in [0.4, 0.5) is 8.78 Å². The molecule has 1 aromatic heterocycles. The number of oxazole rings is 1. The smallest absolute Gasteiger partial charge is 0.360 e. The first-order valence-corrected chi connectivity index (χ1v) is 5.63. The molecule has 0 aliphatic heterocycles. The normalized spacial score (nSPS) is 10.5. The third-order valence-corrected chi connectivity index (χ3v) is 2.43. The van der Waals surface area contributed by atoms with Gasteiger partial charge in [-0.3, -0.25) is 0 Å². The van der Waals surface area contributed by atoms with Crippen LogP contribution in [-0.4, -0.2) is 17.6 Å². The molecule has 0 spiro atoms. The van der Waals surface area contributed by atoms with Crippen molar-refractivity contribution in [3.63, 3.8) is 0 Å². The molecule has 1 heterocycles. The molecule has 19 heavy (non-hydrogen) atoms. The third kappa shape index (κ3) is 2.62. The highest BCUT2D eigenvalue weighted by Gasteiger charge is 2.20. The fourth-order valence-electron chi connectivity index (χ4n) is 1.56. The Hall–Kier alpha value is -2.24. The number of aryl methyl sites for hydroxylation is 1. The fraction of sp³-hybridized carbons (Fsp3) is 0.231. The van der Waals surface area contributed by atoms with Crippen LogP contribution in [-0.2, 0) is 4.74 Å². The second-order valence-corrected chi connectivity index (χ2v) is 3.77. The number of nitrogens with zero attached hydrogens (tertiary/aromatic N) is 1. The number of hydrogen-bond donors (Lipinski definition) is 0. The zero-order chi connectivity index (χ0) is 14.0. The molecule has 0 aliphatic carbocycles. The van der Waals surface area contributed by atoms with Crippen LogP contribution in [0.25, 0.3) is 11.5 Å². The molecule has 0 unspecified atom stereocenters. The molecule has 0 aliphatic rings. The van der Waals surface area contributed by atoms with Crippen molar-refractivity contribution in [1.82, 2.24) is 4.98 Å². The summed E-state index contributed by atoms with van der Waals surface area (Å²) in [4.78, 5) is 15.4. The van der Waals surface area contributed by atoms with Gasteiger partial charge >= 0.3 is 5.97 Å². The van der Waals surface area contributed by atoms with Crippen LogP contribution in [0.2, 0.25) is 0 Å². The number of esters is 1. The van der Waals surface area contributed by atoms with E-state index < -0.39 is 17.6 Å². The van der Waals surface area contributed by atoms with Crippen LogP contribution in [0.3, 0.4) is 0 Å². The fourth-order valence-corrected chi connectivity index (χ4v) is 1.56. The summed E-state index contributed by atoms with van der Waals surface area (Å²) in [5.41, 5.74) is -0.0272. The van der Waals surface area contributed by atoms with Gasteiger partial charge in [-0.15, -0.1) is 0 Å². The molecule has 6 heteroatoms. The van der Waals surface area contributed by atoms with Gasteiger partial charge in [-0.1, -0.05) is 0 Å². The lowest BCUT2D eigenvalue weighted by atomic mass is 10.2. The quantitative estimate of drug-likeness (QED) is 0.802. The van der Waals surface area contributed by atoms with Crippen molar-refractivity contribution in [3.05, 3.63) is 41.3 Å². The van der Waals surface area contributed by atoms with Gasteiger partial charge in [0.25, 0.3) is 0 Å². The van der Waals surface area contributed by atoms with E-state index in [0.29, 0.717) is 0 Å². The van der Waals surface area contributed by atoms with Gasteiger partial charge < -0.3 is 9.15 Å². The summed E-state index contributed by atoms with van der Waals surface area (Å²) in [6.07, 6.45) is 0. The van der Waals surface area contributed by atoms with Crippen molar-refractivity contribution < 1.29 is 22.7 Å². The first-order valence-electron chi connectivity index (χ1n) is 5.63. The molecule has 0 N–H and O–H groups in total. The summed E-state index contributed by atoms with van der Waals surface area (Å²) in [7, 11) is 0. The van der Waals surface area contributed by atoms with E-state index >= 15 is 0 Å². The first kappa shape index (κ1) is 13.2. The van der Waals surface area contributed by atoms with Crippen molar-refractivity contribution in [2.75, 3.05) is 6.61 Å². The first-order chi connectivity index (χ1) is 9.02. The maximum atomic E-state index is 13.6. The Morgan fingerprint density at radius 2 is 2.16 bits per heavy atom. The highest BCUT2D eigenvalue weighted by atomic mass is 19.1. The van der Waals surface area contributed by atoms with Gasteiger partial charge in [-0.25, -0.2) is 18.6 Å². The Labute approximate surface area is 108 Å². The second-order valence-electron chi connectivity index (χ2n) is 3.77. The summed E-state index contributed by atoms with van der Waals surface area (Å²) in [5.74, 6) is -2.01. The minimum atomic E-state index is -0.809. The average Bonchev–Trinajstić information content (AvgIpc) is 2.71. The molecular formula is C13H11F2NO3. The lowest BCUT2D eigenvalue weighted by Crippen LogP contribution is -2.06. The molecule has 0 amide bonds. The van der Waals surface area contributed by atoms with E-state index in [2.05, 4.69) is 4.98 Å². The van der Waals surface area contributed by atoms with Gasteiger partial charge in [-0.2, -0.15) is 0 Å². The number of carbonyl (C=O) groups is 1. The number of hydrogen-bond acceptors (Lipinski definition) is 4. The van der Waals surface area contributed by atoms with E-state index in [4.69, 9.17) is 9.15 Å². The van der Waals surface area contributed by atoms with E-state index in [0.717, 1.165) is 12.1 Å². The van der Waals surface area contributed by atoms with Gasteiger partial charge in [0.05, 0.1) is 12.2 Å². The predicted molar refractivity (Wildman–Crippen MR) is 62.5 cm³/mol. The van der Waals surface area contributed by atoms with Crippen molar-refractivity contribution in [2.45, 2.75) is 13.8 Å². The van der Waals surface area contributed by atoms with Crippen molar-refractivity contribution >= 4 is 5.97 Å². The molecule has 0 saturated carbocycles. The monoisotopic (exact) mass is 267 g/mol. The Bertz CT molecular complexity index is 622. The molecule has 0 saturated heterocycles. The summed E-state index contributed by atoms with van der Waals surface area (Å²) >= 11 is 0. The lowest BCUT2D eigenvalue weighted by Gasteiger charge is -1.97. The molecule has 2 rings (SSSR count). The molecule has 100 valence electrons. The summed E-state index contributed by atoms with van der Waals surface area (Å²) in [6.45, 7) is 3.38. The number of halogens is 2. The summed E-state index contributed by atoms with van der Waals surface area (Å²) in [5, 5.41) is 0. The standard InChI is InChI=1S/C13H11F2NO3/c1-3-18-13(17)11-7(2)19-12(16-11)9-5-4-8(14)6-10(9)15/h4-6H,3H2,1-2H3. The number of carbonyl (C=O) groups excluding carboxylic acids is 1. The van der Waals surface area contributed by atoms with Gasteiger partial charge in [0.15, 0.2) is 5.69 Å². The Morgan fingerprint density at radius 3 is 2.79 bits per heavy atom. The van der Waals surface area contributed by atoms with E-state index in [9.17, 15) is 13.6 Å². The largest absolute Gasteiger partial charge is 0.461 e. The highest BCUT2D eigenvalue weighted by molar-refractivity contribution is 5.88. The van der Waals surface area contributed by atoms with Gasteiger partial charge in [-0.05, 0) is 26.0 Å². The Kier molecular flexibility index (Phi) is 3.59. The minimum Gasteiger partial charge on any atom is -0.461 e. The van der Waals surface area contributed by atoms with E-state index in [1.807, 2.05) is 0 Å². The zero-order valence-corrected chi connectivity index (χ0v) is 10.4. The number of rotatable bonds is 3. The van der Waals surface area contributed by atoms with Crippen molar-refractivity contribution in [2.24, 2.45) is 0 Å². The third-order valence-electron chi connectivity index (χ3n) is 2.43. The predicted octanol–water partition coefficient (Wildman–Crippen LogP) is 3.10. The maximum absolute atomic E-state index is 13.6. The number of ether oxygens (including phenoxy) is 1. The van der Waals surface area contributed by atoms with Crippen LogP contribution in [0.15, 0.2) is 22.6 Å². The maximum Gasteiger partial charge on any atom is 0.360 e. The molecule has 1 aromatic carbocycles. The van der Waals surface area contributed by atoms with E-state index in [-0.39, 0.29) is 29.5 Å². The minimum absolute atomic E-state index is 0.0134. The van der Waals surface area contributed by atoms with Crippen molar-refractivity contribution in [1.29, 1.82) is 0 Å². The molecular weight excluding hydrogens is 256 g/mol. The van der Waals surface area contributed by atoms with Crippen LogP contribution in [0, 0.1) is 18.6 Å². The van der Waals surface area contributed by atoms with Crippen LogP contribution < -0.4 is 0 Å². The number of aromatic nitrogens is 1. The number of benzene rings is 1. The molecule has 0 bridgehead atoms. The summed E-state index contributed by atoms with van der Waals surface area (Å²) < 4.78 is 36.4. The highest BCUT2D eigenvalue weighted by Crippen LogP contribution is 2.25. The molecule has 2 aromatic rings. The van der Waals surface area contributed by atoms with Crippen LogP contribution in [0.5, 0.6) is 0 Å². The van der Waals surface area contributed by atoms with Crippen LogP contribution in [0.1, 0.15) is 23.2 Å². The average molecular weight is 267 g/mol. The molecule has 4 nitrogen and oxygen atoms in total. The van der Waals surface area contributed by atoms with Crippen LogP contribution >= 0.6 is 0 Å². The van der Waals surface area contributed by atoms with E-state index in [1.165, 1.54) is 13.0 Å². The van der Waals surface area contributed by atoms with Crippen molar-refractivity contribution in [3.8, 4) is 11.5 Å². The van der Waals surface area contributed by atoms with Gasteiger partial charge in [0, 0.05) is 6.07 Å². The zero-order valence-electron chi connectivity index (χ0n) is 10.4. The SMILES string of the molecule is CCOC(=O)c1nc(-c2ccc(F)cc2F)oc1C. The summed E-state index contributed by atoms with van der Waals surface area (Å²) in [6, 6.07) is 3.01. The molecule has 0 fully saturated rings. The van der Waals surface area contributed by atoms with Gasteiger partial charge in [0.1, 0.15) is 17.4 Å². The Morgan fingerprint density at radius 1 is 1.42 bits per heavy atom. The topological polar surface area (TPSA) is 52.3 Å². The second kappa shape index (κ2) is 5.17. The molecule has 0 atom stereocenters.